The van der Waals surface area contributed by atoms with Crippen molar-refractivity contribution < 1.29 is 0 Å². The van der Waals surface area contributed by atoms with Crippen molar-refractivity contribution >= 4 is 0 Å². The maximum absolute atomic E-state index is 9.59. The van der Waals surface area contributed by atoms with Crippen LogP contribution in [0.25, 0.3) is 89.5 Å². The second-order valence-corrected chi connectivity index (χ2v) is 15.6. The van der Waals surface area contributed by atoms with Gasteiger partial charge in [0.1, 0.15) is 0 Å². The maximum atomic E-state index is 9.59. The van der Waals surface area contributed by atoms with E-state index in [4.69, 9.17) is 9.97 Å². The van der Waals surface area contributed by atoms with E-state index in [0.717, 1.165) is 61.5 Å². The molecule has 0 aliphatic heterocycles. The topological polar surface area (TPSA) is 62.5 Å². The Morgan fingerprint density at radius 3 is 1.47 bits per heavy atom. The first-order valence-corrected chi connectivity index (χ1v) is 19.9. The molecule has 9 aromatic rings. The Balaban J connectivity index is 1.05. The normalized spacial score (nSPS) is 12.4. The first-order valence-electron chi connectivity index (χ1n) is 19.9. The standard InChI is InChI=1S/C55H38N4/c1-55(2)50-29-36(35-56)13-23-48(50)49-24-22-44(33-51(49)55)39-14-16-40(17-15-39)45-30-46(41-25-27-57-28-26-41)32-47(31-45)53-34-52(58-54(59-53)43-11-7-4-8-12-43)42-20-18-38(19-21-42)37-9-5-3-6-10-37/h3-34H,1-2H3. The van der Waals surface area contributed by atoms with E-state index in [0.29, 0.717) is 11.4 Å². The summed E-state index contributed by atoms with van der Waals surface area (Å²) >= 11 is 0. The Hall–Kier alpha value is -7.74. The number of hydrogen-bond acceptors (Lipinski definition) is 4. The summed E-state index contributed by atoms with van der Waals surface area (Å²) in [7, 11) is 0. The van der Waals surface area contributed by atoms with Crippen LogP contribution >= 0.6 is 0 Å². The largest absolute Gasteiger partial charge is 0.265 e. The predicted octanol–water partition coefficient (Wildman–Crippen LogP) is 13.7. The summed E-state index contributed by atoms with van der Waals surface area (Å²) in [5, 5.41) is 9.59. The zero-order valence-electron chi connectivity index (χ0n) is 32.8. The molecule has 2 heterocycles. The van der Waals surface area contributed by atoms with E-state index in [1.54, 1.807) is 0 Å². The maximum Gasteiger partial charge on any atom is 0.160 e. The lowest BCUT2D eigenvalue weighted by atomic mass is 9.81. The molecule has 7 aromatic carbocycles. The summed E-state index contributed by atoms with van der Waals surface area (Å²) < 4.78 is 0. The minimum atomic E-state index is -0.204. The van der Waals surface area contributed by atoms with Gasteiger partial charge in [-0.3, -0.25) is 4.98 Å². The molecule has 0 atom stereocenters. The van der Waals surface area contributed by atoms with Crippen molar-refractivity contribution in [2.24, 2.45) is 0 Å². The molecule has 10 rings (SSSR count). The zero-order chi connectivity index (χ0) is 39.9. The summed E-state index contributed by atoms with van der Waals surface area (Å²) in [6.45, 7) is 4.51. The minimum Gasteiger partial charge on any atom is -0.265 e. The van der Waals surface area contributed by atoms with E-state index >= 15 is 0 Å². The molecule has 0 fully saturated rings. The van der Waals surface area contributed by atoms with Crippen molar-refractivity contribution in [2.45, 2.75) is 19.3 Å². The highest BCUT2D eigenvalue weighted by atomic mass is 14.9. The van der Waals surface area contributed by atoms with Crippen LogP contribution in [0.3, 0.4) is 0 Å². The molecule has 0 N–H and O–H groups in total. The molecule has 0 radical (unpaired) electrons. The number of pyridine rings is 1. The fourth-order valence-electron chi connectivity index (χ4n) is 8.42. The van der Waals surface area contributed by atoms with Gasteiger partial charge >= 0.3 is 0 Å². The number of nitrogens with zero attached hydrogens (tertiary/aromatic N) is 4. The number of fused-ring (bicyclic) bond motifs is 3. The molecular formula is C55H38N4. The number of benzene rings is 7. The zero-order valence-corrected chi connectivity index (χ0v) is 32.8. The van der Waals surface area contributed by atoms with Gasteiger partial charge in [-0.25, -0.2) is 9.97 Å². The molecule has 0 amide bonds. The van der Waals surface area contributed by atoms with Crippen LogP contribution in [0.1, 0.15) is 30.5 Å². The molecule has 1 aliphatic carbocycles. The van der Waals surface area contributed by atoms with Gasteiger partial charge in [0.15, 0.2) is 5.82 Å². The smallest absolute Gasteiger partial charge is 0.160 e. The van der Waals surface area contributed by atoms with E-state index in [1.807, 2.05) is 48.8 Å². The van der Waals surface area contributed by atoms with E-state index in [9.17, 15) is 5.26 Å². The van der Waals surface area contributed by atoms with E-state index < -0.39 is 0 Å². The fourth-order valence-corrected chi connectivity index (χ4v) is 8.42. The molecule has 0 saturated heterocycles. The van der Waals surface area contributed by atoms with Crippen molar-refractivity contribution in [1.29, 1.82) is 5.26 Å². The average Bonchev–Trinajstić information content (AvgIpc) is 3.54. The monoisotopic (exact) mass is 754 g/mol. The lowest BCUT2D eigenvalue weighted by Crippen LogP contribution is -2.15. The fraction of sp³-hybridized carbons (Fsp3) is 0.0545. The van der Waals surface area contributed by atoms with Crippen LogP contribution in [-0.2, 0) is 5.41 Å². The van der Waals surface area contributed by atoms with Crippen molar-refractivity contribution in [3.8, 4) is 95.6 Å². The molecule has 278 valence electrons. The molecule has 59 heavy (non-hydrogen) atoms. The lowest BCUT2D eigenvalue weighted by Gasteiger charge is -2.22. The summed E-state index contributed by atoms with van der Waals surface area (Å²) in [4.78, 5) is 14.6. The van der Waals surface area contributed by atoms with Gasteiger partial charge in [-0.05, 0) is 121 Å². The third-order valence-corrected chi connectivity index (χ3v) is 11.6. The Labute approximate surface area is 344 Å². The molecular weight excluding hydrogens is 717 g/mol. The highest BCUT2D eigenvalue weighted by Crippen LogP contribution is 2.50. The first-order chi connectivity index (χ1) is 28.9. The molecule has 2 aromatic heterocycles. The van der Waals surface area contributed by atoms with Crippen LogP contribution in [0, 0.1) is 11.3 Å². The molecule has 0 spiro atoms. The summed E-state index contributed by atoms with van der Waals surface area (Å²) in [6, 6.07) is 66.2. The average molecular weight is 755 g/mol. The van der Waals surface area contributed by atoms with Crippen molar-refractivity contribution in [3.63, 3.8) is 0 Å². The highest BCUT2D eigenvalue weighted by molar-refractivity contribution is 5.86. The van der Waals surface area contributed by atoms with Crippen LogP contribution < -0.4 is 0 Å². The first kappa shape index (κ1) is 35.7. The number of nitriles is 1. The van der Waals surface area contributed by atoms with Gasteiger partial charge in [-0.2, -0.15) is 5.26 Å². The Kier molecular flexibility index (Phi) is 8.85. The van der Waals surface area contributed by atoms with Gasteiger partial charge in [-0.1, -0.05) is 141 Å². The summed E-state index contributed by atoms with van der Waals surface area (Å²) in [5.41, 5.74) is 19.1. The van der Waals surface area contributed by atoms with Gasteiger partial charge in [0.25, 0.3) is 0 Å². The Morgan fingerprint density at radius 2 is 0.847 bits per heavy atom. The molecule has 4 nitrogen and oxygen atoms in total. The second kappa shape index (κ2) is 14.6. The SMILES string of the molecule is CC1(C)c2cc(C#N)ccc2-c2ccc(-c3ccc(-c4cc(-c5ccncc5)cc(-c5cc(-c6ccc(-c7ccccc7)cc6)nc(-c6ccccc6)n5)c4)cc3)cc21. The van der Waals surface area contributed by atoms with Crippen LogP contribution in [-0.4, -0.2) is 15.0 Å². The third kappa shape index (κ3) is 6.69. The quantitative estimate of drug-likeness (QED) is 0.163. The molecule has 4 heteroatoms. The molecule has 1 aliphatic rings. The number of rotatable bonds is 7. The third-order valence-electron chi connectivity index (χ3n) is 11.6. The number of aromatic nitrogens is 3. The van der Waals surface area contributed by atoms with Crippen molar-refractivity contribution in [1.82, 2.24) is 15.0 Å². The van der Waals surface area contributed by atoms with Gasteiger partial charge in [-0.15, -0.1) is 0 Å². The van der Waals surface area contributed by atoms with Crippen molar-refractivity contribution in [3.05, 3.63) is 211 Å². The van der Waals surface area contributed by atoms with Gasteiger partial charge in [0, 0.05) is 34.5 Å². The molecule has 0 bridgehead atoms. The van der Waals surface area contributed by atoms with Gasteiger partial charge in [0.05, 0.1) is 23.0 Å². The minimum absolute atomic E-state index is 0.204. The lowest BCUT2D eigenvalue weighted by molar-refractivity contribution is 0.660. The highest BCUT2D eigenvalue weighted by Gasteiger charge is 2.35. The summed E-state index contributed by atoms with van der Waals surface area (Å²) in [6.07, 6.45) is 3.68. The van der Waals surface area contributed by atoms with E-state index in [2.05, 4.69) is 170 Å². The summed E-state index contributed by atoms with van der Waals surface area (Å²) in [5.74, 6) is 0.677. The van der Waals surface area contributed by atoms with Crippen LogP contribution in [0.4, 0.5) is 0 Å². The van der Waals surface area contributed by atoms with Crippen molar-refractivity contribution in [2.75, 3.05) is 0 Å². The molecule has 0 saturated carbocycles. The van der Waals surface area contributed by atoms with E-state index in [-0.39, 0.29) is 5.41 Å². The number of hydrogen-bond donors (Lipinski definition) is 0. The predicted molar refractivity (Wildman–Crippen MR) is 240 cm³/mol. The van der Waals surface area contributed by atoms with E-state index in [1.165, 1.54) is 33.4 Å². The Morgan fingerprint density at radius 1 is 0.390 bits per heavy atom. The van der Waals surface area contributed by atoms with Crippen LogP contribution in [0.15, 0.2) is 194 Å². The van der Waals surface area contributed by atoms with Gasteiger partial charge in [0.2, 0.25) is 0 Å². The Bertz CT molecular complexity index is 3040. The second-order valence-electron chi connectivity index (χ2n) is 15.6. The molecule has 0 unspecified atom stereocenters. The van der Waals surface area contributed by atoms with Crippen LogP contribution in [0.2, 0.25) is 0 Å². The van der Waals surface area contributed by atoms with Gasteiger partial charge < -0.3 is 0 Å². The van der Waals surface area contributed by atoms with Crippen LogP contribution in [0.5, 0.6) is 0 Å².